The minimum atomic E-state index is -0.607. The van der Waals surface area contributed by atoms with Crippen molar-refractivity contribution >= 4 is 10.8 Å². The molecule has 2 aromatic rings. The Labute approximate surface area is 109 Å². The number of hydrogen-bond donors (Lipinski definition) is 1. The molecule has 1 unspecified atom stereocenters. The van der Waals surface area contributed by atoms with Crippen molar-refractivity contribution in [3.8, 4) is 0 Å². The summed E-state index contributed by atoms with van der Waals surface area (Å²) in [5.41, 5.74) is 0.635. The second-order valence-electron chi connectivity index (χ2n) is 5.43. The van der Waals surface area contributed by atoms with Crippen molar-refractivity contribution in [3.63, 3.8) is 0 Å². The molecule has 0 saturated heterocycles. The van der Waals surface area contributed by atoms with Gasteiger partial charge in [0.1, 0.15) is 0 Å². The zero-order chi connectivity index (χ0) is 13.2. The van der Waals surface area contributed by atoms with Crippen LogP contribution in [0.3, 0.4) is 0 Å². The smallest absolute Gasteiger partial charge is 0.0708 e. The Morgan fingerprint density at radius 1 is 1.06 bits per heavy atom. The first-order chi connectivity index (χ1) is 8.57. The summed E-state index contributed by atoms with van der Waals surface area (Å²) in [5.74, 6) is 0.265. The molecule has 0 aromatic heterocycles. The predicted octanol–water partition coefficient (Wildman–Crippen LogP) is 4.18. The Bertz CT molecular complexity index is 525. The molecule has 0 aliphatic carbocycles. The molecule has 96 valence electrons. The third kappa shape index (κ3) is 2.41. The van der Waals surface area contributed by atoms with E-state index in [1.54, 1.807) is 0 Å². The lowest BCUT2D eigenvalue weighted by atomic mass is 9.81. The van der Waals surface area contributed by atoms with Crippen LogP contribution in [-0.4, -0.2) is 10.7 Å². The molecule has 0 heterocycles. The fourth-order valence-corrected chi connectivity index (χ4v) is 2.51. The number of aliphatic hydroxyl groups is 1. The molecule has 1 atom stereocenters. The summed E-state index contributed by atoms with van der Waals surface area (Å²) >= 11 is 0. The summed E-state index contributed by atoms with van der Waals surface area (Å²) in [4.78, 5) is 0. The molecule has 2 aromatic carbocycles. The van der Waals surface area contributed by atoms with Crippen molar-refractivity contribution in [2.45, 2.75) is 39.2 Å². The maximum atomic E-state index is 10.7. The van der Waals surface area contributed by atoms with E-state index in [1.807, 2.05) is 0 Å². The van der Waals surface area contributed by atoms with Gasteiger partial charge in [0.25, 0.3) is 0 Å². The van der Waals surface area contributed by atoms with Crippen LogP contribution >= 0.6 is 0 Å². The quantitative estimate of drug-likeness (QED) is 0.852. The topological polar surface area (TPSA) is 20.2 Å². The van der Waals surface area contributed by atoms with Gasteiger partial charge in [-0.15, -0.1) is 0 Å². The van der Waals surface area contributed by atoms with E-state index < -0.39 is 5.60 Å². The standard InChI is InChI=1S/C17H22O/c1-4-17(18,13(2)3)12-15-10-7-9-14-8-5-6-11-16(14)15/h5-11,13,18H,4,12H2,1-3H3. The molecule has 0 saturated carbocycles. The van der Waals surface area contributed by atoms with Gasteiger partial charge in [-0.25, -0.2) is 0 Å². The lowest BCUT2D eigenvalue weighted by molar-refractivity contribution is -0.00800. The van der Waals surface area contributed by atoms with Crippen LogP contribution in [0.4, 0.5) is 0 Å². The maximum Gasteiger partial charge on any atom is 0.0708 e. The van der Waals surface area contributed by atoms with Crippen LogP contribution in [-0.2, 0) is 6.42 Å². The second-order valence-corrected chi connectivity index (χ2v) is 5.43. The van der Waals surface area contributed by atoms with Gasteiger partial charge in [-0.3, -0.25) is 0 Å². The van der Waals surface area contributed by atoms with E-state index in [9.17, 15) is 5.11 Å². The zero-order valence-electron chi connectivity index (χ0n) is 11.5. The highest BCUT2D eigenvalue weighted by molar-refractivity contribution is 5.85. The molecule has 0 amide bonds. The van der Waals surface area contributed by atoms with Crippen molar-refractivity contribution in [3.05, 3.63) is 48.0 Å². The highest BCUT2D eigenvalue weighted by Crippen LogP contribution is 2.29. The van der Waals surface area contributed by atoms with Gasteiger partial charge in [-0.2, -0.15) is 0 Å². The van der Waals surface area contributed by atoms with Crippen LogP contribution in [0.15, 0.2) is 42.5 Å². The molecule has 0 bridgehead atoms. The van der Waals surface area contributed by atoms with Crippen LogP contribution in [0.1, 0.15) is 32.8 Å². The molecule has 1 heteroatoms. The zero-order valence-corrected chi connectivity index (χ0v) is 11.5. The number of fused-ring (bicyclic) bond motifs is 1. The summed E-state index contributed by atoms with van der Waals surface area (Å²) in [6.07, 6.45) is 1.51. The molecule has 1 nitrogen and oxygen atoms in total. The van der Waals surface area contributed by atoms with E-state index >= 15 is 0 Å². The third-order valence-electron chi connectivity index (χ3n) is 4.06. The molecular formula is C17H22O. The molecule has 0 spiro atoms. The average Bonchev–Trinajstić information content (AvgIpc) is 2.39. The Balaban J connectivity index is 2.43. The molecule has 18 heavy (non-hydrogen) atoms. The van der Waals surface area contributed by atoms with Crippen molar-refractivity contribution in [2.24, 2.45) is 5.92 Å². The summed E-state index contributed by atoms with van der Waals surface area (Å²) in [6, 6.07) is 14.7. The van der Waals surface area contributed by atoms with Crippen molar-refractivity contribution < 1.29 is 5.11 Å². The van der Waals surface area contributed by atoms with Crippen LogP contribution < -0.4 is 0 Å². The molecule has 0 fully saturated rings. The molecule has 0 aliphatic rings. The first-order valence-corrected chi connectivity index (χ1v) is 6.76. The molecular weight excluding hydrogens is 220 g/mol. The van der Waals surface area contributed by atoms with Gasteiger partial charge in [0, 0.05) is 6.42 Å². The van der Waals surface area contributed by atoms with Gasteiger partial charge in [0.15, 0.2) is 0 Å². The summed E-state index contributed by atoms with van der Waals surface area (Å²) in [7, 11) is 0. The Hall–Kier alpha value is -1.34. The van der Waals surface area contributed by atoms with E-state index in [0.717, 1.165) is 12.8 Å². The van der Waals surface area contributed by atoms with Gasteiger partial charge < -0.3 is 5.11 Å². The largest absolute Gasteiger partial charge is 0.389 e. The van der Waals surface area contributed by atoms with Gasteiger partial charge in [-0.1, -0.05) is 63.2 Å². The minimum Gasteiger partial charge on any atom is -0.389 e. The Morgan fingerprint density at radius 3 is 2.39 bits per heavy atom. The van der Waals surface area contributed by atoms with Gasteiger partial charge in [-0.05, 0) is 28.7 Å². The molecule has 0 aliphatic heterocycles. The first kappa shape index (κ1) is 13.1. The second kappa shape index (κ2) is 5.11. The summed E-state index contributed by atoms with van der Waals surface area (Å²) in [5, 5.41) is 13.2. The van der Waals surface area contributed by atoms with Crippen LogP contribution in [0.25, 0.3) is 10.8 Å². The molecule has 0 radical (unpaired) electrons. The Kier molecular flexibility index (Phi) is 3.72. The van der Waals surface area contributed by atoms with Crippen LogP contribution in [0.5, 0.6) is 0 Å². The normalized spacial score (nSPS) is 14.9. The first-order valence-electron chi connectivity index (χ1n) is 6.76. The highest BCUT2D eigenvalue weighted by Gasteiger charge is 2.29. The van der Waals surface area contributed by atoms with E-state index in [0.29, 0.717) is 0 Å². The Morgan fingerprint density at radius 2 is 1.72 bits per heavy atom. The minimum absolute atomic E-state index is 0.265. The van der Waals surface area contributed by atoms with Gasteiger partial charge in [0.2, 0.25) is 0 Å². The molecule has 2 rings (SSSR count). The van der Waals surface area contributed by atoms with Crippen molar-refractivity contribution in [1.29, 1.82) is 0 Å². The monoisotopic (exact) mass is 242 g/mol. The van der Waals surface area contributed by atoms with E-state index in [2.05, 4.69) is 63.2 Å². The van der Waals surface area contributed by atoms with Gasteiger partial charge in [0.05, 0.1) is 5.60 Å². The lowest BCUT2D eigenvalue weighted by Gasteiger charge is -2.31. The fraction of sp³-hybridized carbons (Fsp3) is 0.412. The fourth-order valence-electron chi connectivity index (χ4n) is 2.51. The van der Waals surface area contributed by atoms with E-state index in [4.69, 9.17) is 0 Å². The summed E-state index contributed by atoms with van der Waals surface area (Å²) in [6.45, 7) is 6.24. The van der Waals surface area contributed by atoms with Crippen molar-refractivity contribution in [2.75, 3.05) is 0 Å². The lowest BCUT2D eigenvalue weighted by Crippen LogP contribution is -2.36. The maximum absolute atomic E-state index is 10.7. The predicted molar refractivity (Wildman–Crippen MR) is 77.7 cm³/mol. The molecule has 1 N–H and O–H groups in total. The van der Waals surface area contributed by atoms with Crippen LogP contribution in [0.2, 0.25) is 0 Å². The van der Waals surface area contributed by atoms with Crippen LogP contribution in [0, 0.1) is 5.92 Å². The SMILES string of the molecule is CCC(O)(Cc1cccc2ccccc12)C(C)C. The van der Waals surface area contributed by atoms with Crippen molar-refractivity contribution in [1.82, 2.24) is 0 Å². The van der Waals surface area contributed by atoms with E-state index in [-0.39, 0.29) is 5.92 Å². The van der Waals surface area contributed by atoms with Gasteiger partial charge >= 0.3 is 0 Å². The number of rotatable bonds is 4. The van der Waals surface area contributed by atoms with E-state index in [1.165, 1.54) is 16.3 Å². The number of hydrogen-bond acceptors (Lipinski definition) is 1. The average molecular weight is 242 g/mol. The number of benzene rings is 2. The highest BCUT2D eigenvalue weighted by atomic mass is 16.3. The third-order valence-corrected chi connectivity index (χ3v) is 4.06. The summed E-state index contributed by atoms with van der Waals surface area (Å²) < 4.78 is 0.